The van der Waals surface area contributed by atoms with E-state index in [0.29, 0.717) is 12.0 Å². The summed E-state index contributed by atoms with van der Waals surface area (Å²) >= 11 is 0. The quantitative estimate of drug-likeness (QED) is 0.737. The molecule has 1 N–H and O–H groups in total. The molecular weight excluding hydrogens is 206 g/mol. The summed E-state index contributed by atoms with van der Waals surface area (Å²) in [5.41, 5.74) is 0. The van der Waals surface area contributed by atoms with Crippen LogP contribution in [0.5, 0.6) is 0 Å². The van der Waals surface area contributed by atoms with Crippen molar-refractivity contribution in [2.24, 2.45) is 17.8 Å². The highest BCUT2D eigenvalue weighted by Gasteiger charge is 2.43. The van der Waals surface area contributed by atoms with Gasteiger partial charge in [-0.05, 0) is 24.7 Å². The number of likely N-dealkylation sites (tertiary alicyclic amines) is 1. The Hall–Kier alpha value is -0.610. The van der Waals surface area contributed by atoms with Crippen molar-refractivity contribution in [1.29, 1.82) is 0 Å². The van der Waals surface area contributed by atoms with Gasteiger partial charge in [-0.15, -0.1) is 0 Å². The molecule has 1 heterocycles. The average molecular weight is 227 g/mol. The Morgan fingerprint density at radius 3 is 2.50 bits per heavy atom. The molecule has 0 radical (unpaired) electrons. The predicted octanol–water partition coefficient (Wildman–Crippen LogP) is 1.06. The second-order valence-electron chi connectivity index (χ2n) is 5.20. The average Bonchev–Trinajstić information content (AvgIpc) is 2.96. The lowest BCUT2D eigenvalue weighted by molar-refractivity contribution is -0.146. The first kappa shape index (κ1) is 11.9. The van der Waals surface area contributed by atoms with Gasteiger partial charge in [-0.25, -0.2) is 0 Å². The molecule has 16 heavy (non-hydrogen) atoms. The van der Waals surface area contributed by atoms with Crippen LogP contribution in [-0.4, -0.2) is 48.8 Å². The molecule has 92 valence electrons. The molecule has 0 amide bonds. The van der Waals surface area contributed by atoms with Crippen LogP contribution in [-0.2, 0) is 9.53 Å². The van der Waals surface area contributed by atoms with Gasteiger partial charge in [0.1, 0.15) is 0 Å². The summed E-state index contributed by atoms with van der Waals surface area (Å²) in [6.45, 7) is 4.46. The summed E-state index contributed by atoms with van der Waals surface area (Å²) in [6, 6.07) is 0.530. The monoisotopic (exact) mass is 227 g/mol. The van der Waals surface area contributed by atoms with Crippen LogP contribution in [0.2, 0.25) is 0 Å². The Kier molecular flexibility index (Phi) is 3.50. The van der Waals surface area contributed by atoms with Crippen LogP contribution in [0.25, 0.3) is 0 Å². The molecule has 1 aliphatic heterocycles. The molecule has 4 heteroatoms. The van der Waals surface area contributed by atoms with Crippen molar-refractivity contribution in [3.63, 3.8) is 0 Å². The standard InChI is InChI=1S/C12H21NO3/c1-8(12(14)15)10-5-13(6-10)11(7-16-2)9-3-4-9/h8-11H,3-7H2,1-2H3,(H,14,15). The topological polar surface area (TPSA) is 49.8 Å². The van der Waals surface area contributed by atoms with Gasteiger partial charge in [0.25, 0.3) is 0 Å². The normalized spacial score (nSPS) is 26.1. The van der Waals surface area contributed by atoms with E-state index in [2.05, 4.69) is 4.90 Å². The third kappa shape index (κ3) is 2.38. The van der Waals surface area contributed by atoms with Crippen LogP contribution in [0, 0.1) is 17.8 Å². The number of methoxy groups -OCH3 is 1. The van der Waals surface area contributed by atoms with E-state index >= 15 is 0 Å². The summed E-state index contributed by atoms with van der Waals surface area (Å²) in [6.07, 6.45) is 2.62. The second kappa shape index (κ2) is 4.72. The van der Waals surface area contributed by atoms with E-state index < -0.39 is 5.97 Å². The van der Waals surface area contributed by atoms with Crippen molar-refractivity contribution in [3.8, 4) is 0 Å². The zero-order valence-electron chi connectivity index (χ0n) is 10.1. The maximum atomic E-state index is 10.8. The molecule has 2 atom stereocenters. The second-order valence-corrected chi connectivity index (χ2v) is 5.20. The minimum atomic E-state index is -0.667. The van der Waals surface area contributed by atoms with Crippen molar-refractivity contribution in [2.75, 3.05) is 26.8 Å². The first-order valence-electron chi connectivity index (χ1n) is 6.09. The highest BCUT2D eigenvalue weighted by Crippen LogP contribution is 2.39. The number of carboxylic acids is 1. The largest absolute Gasteiger partial charge is 0.481 e. The molecule has 2 rings (SSSR count). The van der Waals surface area contributed by atoms with Gasteiger partial charge in [-0.3, -0.25) is 9.69 Å². The van der Waals surface area contributed by atoms with Crippen LogP contribution >= 0.6 is 0 Å². The van der Waals surface area contributed by atoms with Gasteiger partial charge < -0.3 is 9.84 Å². The Morgan fingerprint density at radius 2 is 2.06 bits per heavy atom. The van der Waals surface area contributed by atoms with Gasteiger partial charge in [0, 0.05) is 26.2 Å². The molecule has 0 bridgehead atoms. The molecule has 1 saturated heterocycles. The Morgan fingerprint density at radius 1 is 1.44 bits per heavy atom. The number of nitrogens with zero attached hydrogens (tertiary/aromatic N) is 1. The van der Waals surface area contributed by atoms with Crippen molar-refractivity contribution >= 4 is 5.97 Å². The van der Waals surface area contributed by atoms with Gasteiger partial charge >= 0.3 is 5.97 Å². The zero-order valence-corrected chi connectivity index (χ0v) is 10.1. The number of carbonyl (C=O) groups is 1. The molecule has 4 nitrogen and oxygen atoms in total. The molecular formula is C12H21NO3. The molecule has 2 unspecified atom stereocenters. The van der Waals surface area contributed by atoms with E-state index in [9.17, 15) is 4.79 Å². The smallest absolute Gasteiger partial charge is 0.306 e. The van der Waals surface area contributed by atoms with Gasteiger partial charge in [0.2, 0.25) is 0 Å². The third-order valence-corrected chi connectivity index (χ3v) is 4.01. The van der Waals surface area contributed by atoms with Crippen LogP contribution in [0.1, 0.15) is 19.8 Å². The summed E-state index contributed by atoms with van der Waals surface area (Å²) in [5.74, 6) is 0.245. The molecule has 0 aromatic carbocycles. The van der Waals surface area contributed by atoms with Crippen LogP contribution in [0.3, 0.4) is 0 Å². The van der Waals surface area contributed by atoms with Crippen LogP contribution < -0.4 is 0 Å². The summed E-state index contributed by atoms with van der Waals surface area (Å²) < 4.78 is 5.25. The lowest BCUT2D eigenvalue weighted by atomic mass is 9.85. The lowest BCUT2D eigenvalue weighted by Gasteiger charge is -2.46. The van der Waals surface area contributed by atoms with E-state index in [1.807, 2.05) is 6.92 Å². The summed E-state index contributed by atoms with van der Waals surface area (Å²) in [4.78, 5) is 13.2. The molecule has 0 spiro atoms. The van der Waals surface area contributed by atoms with E-state index in [1.54, 1.807) is 7.11 Å². The van der Waals surface area contributed by atoms with Crippen molar-refractivity contribution in [3.05, 3.63) is 0 Å². The van der Waals surface area contributed by atoms with Gasteiger partial charge in [-0.2, -0.15) is 0 Å². The van der Waals surface area contributed by atoms with Crippen LogP contribution in [0.15, 0.2) is 0 Å². The van der Waals surface area contributed by atoms with E-state index in [-0.39, 0.29) is 5.92 Å². The number of carboxylic acid groups (broad SMARTS) is 1. The number of rotatable bonds is 6. The molecule has 1 aliphatic carbocycles. The number of hydrogen-bond acceptors (Lipinski definition) is 3. The third-order valence-electron chi connectivity index (χ3n) is 4.01. The maximum Gasteiger partial charge on any atom is 0.306 e. The first-order valence-corrected chi connectivity index (χ1v) is 6.09. The van der Waals surface area contributed by atoms with Crippen molar-refractivity contribution in [1.82, 2.24) is 4.90 Å². The fourth-order valence-corrected chi connectivity index (χ4v) is 2.53. The number of hydrogen-bond donors (Lipinski definition) is 1. The maximum absolute atomic E-state index is 10.8. The Balaban J connectivity index is 1.79. The van der Waals surface area contributed by atoms with E-state index in [4.69, 9.17) is 9.84 Å². The highest BCUT2D eigenvalue weighted by atomic mass is 16.5. The van der Waals surface area contributed by atoms with Crippen LogP contribution in [0.4, 0.5) is 0 Å². The van der Waals surface area contributed by atoms with Crippen molar-refractivity contribution < 1.29 is 14.6 Å². The first-order chi connectivity index (χ1) is 7.63. The van der Waals surface area contributed by atoms with Crippen molar-refractivity contribution in [2.45, 2.75) is 25.8 Å². The minimum Gasteiger partial charge on any atom is -0.481 e. The number of ether oxygens (including phenoxy) is 1. The molecule has 0 aromatic heterocycles. The molecule has 1 saturated carbocycles. The predicted molar refractivity (Wildman–Crippen MR) is 60.3 cm³/mol. The van der Waals surface area contributed by atoms with Gasteiger partial charge in [0.15, 0.2) is 0 Å². The highest BCUT2D eigenvalue weighted by molar-refractivity contribution is 5.70. The van der Waals surface area contributed by atoms with Gasteiger partial charge in [0.05, 0.1) is 12.5 Å². The van der Waals surface area contributed by atoms with E-state index in [0.717, 1.165) is 25.6 Å². The fourth-order valence-electron chi connectivity index (χ4n) is 2.53. The minimum absolute atomic E-state index is 0.210. The summed E-state index contributed by atoms with van der Waals surface area (Å²) in [5, 5.41) is 8.92. The molecule has 0 aromatic rings. The van der Waals surface area contributed by atoms with E-state index in [1.165, 1.54) is 12.8 Å². The Labute approximate surface area is 96.6 Å². The SMILES string of the molecule is COCC(C1CC1)N1CC(C(C)C(=O)O)C1. The van der Waals surface area contributed by atoms with Gasteiger partial charge in [-0.1, -0.05) is 6.92 Å². The lowest BCUT2D eigenvalue weighted by Crippen LogP contribution is -2.57. The fraction of sp³-hybridized carbons (Fsp3) is 0.917. The summed E-state index contributed by atoms with van der Waals surface area (Å²) in [7, 11) is 1.74. The molecule has 2 fully saturated rings. The zero-order chi connectivity index (χ0) is 11.7. The molecule has 2 aliphatic rings. The number of aliphatic carboxylic acids is 1. The Bertz CT molecular complexity index is 259.